The van der Waals surface area contributed by atoms with E-state index in [2.05, 4.69) is 22.5 Å². The van der Waals surface area contributed by atoms with Crippen molar-refractivity contribution in [3.8, 4) is 0 Å². The lowest BCUT2D eigenvalue weighted by Crippen LogP contribution is -2.54. The summed E-state index contributed by atoms with van der Waals surface area (Å²) in [6.07, 6.45) is -0.782. The third-order valence-corrected chi connectivity index (χ3v) is 5.69. The number of carbonyl (C=O) groups is 2. The largest absolute Gasteiger partial charge is 0.386 e. The molecule has 0 aliphatic carbocycles. The molecule has 1 heterocycles. The Hall–Kier alpha value is -2.76. The lowest BCUT2D eigenvalue weighted by molar-refractivity contribution is -0.132. The van der Waals surface area contributed by atoms with E-state index in [0.29, 0.717) is 21.8 Å². The lowest BCUT2D eigenvalue weighted by atomic mass is 9.95. The van der Waals surface area contributed by atoms with E-state index in [-0.39, 0.29) is 23.7 Å². The highest BCUT2D eigenvalue weighted by Crippen LogP contribution is 2.24. The van der Waals surface area contributed by atoms with Gasteiger partial charge in [0.2, 0.25) is 5.91 Å². The highest BCUT2D eigenvalue weighted by atomic mass is 31.0. The van der Waals surface area contributed by atoms with Crippen LogP contribution in [-0.2, 0) is 19.9 Å². The fourth-order valence-electron chi connectivity index (χ4n) is 3.44. The zero-order chi connectivity index (χ0) is 28.1. The second kappa shape index (κ2) is 12.2. The molecule has 0 saturated carbocycles. The van der Waals surface area contributed by atoms with Gasteiger partial charge < -0.3 is 31.0 Å². The normalized spacial score (nSPS) is 18.5. The Morgan fingerprint density at radius 1 is 1.38 bits per heavy atom. The van der Waals surface area contributed by atoms with Crippen molar-refractivity contribution in [2.75, 3.05) is 26.7 Å². The van der Waals surface area contributed by atoms with Gasteiger partial charge in [0, 0.05) is 19.2 Å². The Kier molecular flexibility index (Phi) is 10.0. The Morgan fingerprint density at radius 2 is 1.97 bits per heavy atom. The number of benzene rings is 1. The molecule has 1 aliphatic heterocycles. The molecule has 0 radical (unpaired) electrons. The first-order valence-electron chi connectivity index (χ1n) is 11.4. The molecule has 2 amide bonds. The maximum Gasteiger partial charge on any atom is 0.281 e. The molecule has 2 rings (SSSR count). The van der Waals surface area contributed by atoms with Crippen molar-refractivity contribution in [3.05, 3.63) is 58.9 Å². The molecule has 13 heteroatoms. The Balaban J connectivity index is 2.30. The standard InChI is InChI=1S/C24H34F2N5O5P/c1-13(14(2)36-12-24(25,26)37)17-10-28-21(22(33)29-17)20(30-18(32)11-31(5)35)19(27)15-6-8-16(9-7-15)23(3,4)34/h6-9,14,17,27-28,34-35H,1,10-12,37H2,2-5H3,(H,29,33)(H,30,32)/b21-20+,27-19?. The maximum absolute atomic E-state index is 13.1. The number of amides is 2. The molecule has 204 valence electrons. The molecule has 1 aromatic rings. The van der Waals surface area contributed by atoms with Crippen LogP contribution in [-0.4, -0.2) is 77.5 Å². The Labute approximate surface area is 216 Å². The van der Waals surface area contributed by atoms with Crippen LogP contribution in [0, 0.1) is 5.41 Å². The first-order chi connectivity index (χ1) is 17.0. The van der Waals surface area contributed by atoms with E-state index in [1.165, 1.54) is 16.3 Å². The van der Waals surface area contributed by atoms with E-state index >= 15 is 0 Å². The number of nitrogens with zero attached hydrogens (tertiary/aromatic N) is 1. The van der Waals surface area contributed by atoms with Crippen LogP contribution in [0.2, 0.25) is 0 Å². The number of carbonyl (C=O) groups excluding carboxylic acids is 2. The summed E-state index contributed by atoms with van der Waals surface area (Å²) in [7, 11) is 2.66. The molecule has 37 heavy (non-hydrogen) atoms. The van der Waals surface area contributed by atoms with Crippen LogP contribution >= 0.6 is 9.24 Å². The summed E-state index contributed by atoms with van der Waals surface area (Å²) in [5, 5.41) is 37.0. The lowest BCUT2D eigenvalue weighted by Gasteiger charge is -2.32. The summed E-state index contributed by atoms with van der Waals surface area (Å²) < 4.78 is 31.4. The van der Waals surface area contributed by atoms with Crippen LogP contribution < -0.4 is 16.0 Å². The van der Waals surface area contributed by atoms with E-state index in [0.717, 1.165) is 0 Å². The second-order valence-electron chi connectivity index (χ2n) is 9.32. The molecule has 1 aliphatic rings. The van der Waals surface area contributed by atoms with Gasteiger partial charge in [0.1, 0.15) is 18.8 Å². The minimum absolute atomic E-state index is 0.0923. The van der Waals surface area contributed by atoms with Crippen molar-refractivity contribution in [3.63, 3.8) is 0 Å². The summed E-state index contributed by atoms with van der Waals surface area (Å²) in [4.78, 5) is 25.5. The number of likely N-dealkylation sites (N-methyl/N-ethyl adjacent to an activating group) is 1. The number of hydrogen-bond donors (Lipinski definition) is 6. The van der Waals surface area contributed by atoms with Gasteiger partial charge in [-0.2, -0.15) is 13.8 Å². The average Bonchev–Trinajstić information content (AvgIpc) is 2.78. The van der Waals surface area contributed by atoms with E-state index < -0.39 is 48.4 Å². The Bertz CT molecular complexity index is 1060. The Morgan fingerprint density at radius 3 is 2.46 bits per heavy atom. The number of allylic oxidation sites excluding steroid dienone is 1. The van der Waals surface area contributed by atoms with Gasteiger partial charge in [0.25, 0.3) is 11.6 Å². The number of hydrogen-bond acceptors (Lipinski definition) is 8. The monoisotopic (exact) mass is 541 g/mol. The van der Waals surface area contributed by atoms with Crippen LogP contribution in [0.15, 0.2) is 47.8 Å². The van der Waals surface area contributed by atoms with Crippen LogP contribution in [0.3, 0.4) is 0 Å². The van der Waals surface area contributed by atoms with Gasteiger partial charge in [-0.05, 0) is 31.9 Å². The molecule has 1 fully saturated rings. The predicted octanol–water partition coefficient (Wildman–Crippen LogP) is 1.45. The van der Waals surface area contributed by atoms with E-state index in [1.807, 2.05) is 0 Å². The molecular formula is C24H34F2N5O5P. The van der Waals surface area contributed by atoms with Crippen LogP contribution in [0.25, 0.3) is 0 Å². The van der Waals surface area contributed by atoms with Gasteiger partial charge in [0.05, 0.1) is 29.2 Å². The smallest absolute Gasteiger partial charge is 0.281 e. The third-order valence-electron chi connectivity index (χ3n) is 5.53. The first-order valence-corrected chi connectivity index (χ1v) is 12.0. The molecular weight excluding hydrogens is 507 g/mol. The molecule has 3 unspecified atom stereocenters. The molecule has 0 spiro atoms. The molecule has 0 aromatic heterocycles. The summed E-state index contributed by atoms with van der Waals surface area (Å²) >= 11 is 0. The van der Waals surface area contributed by atoms with Gasteiger partial charge in [-0.3, -0.25) is 15.0 Å². The van der Waals surface area contributed by atoms with Gasteiger partial charge in [-0.25, -0.2) is 0 Å². The van der Waals surface area contributed by atoms with Crippen molar-refractivity contribution < 1.29 is 33.4 Å². The summed E-state index contributed by atoms with van der Waals surface area (Å²) in [6, 6.07) is 5.75. The van der Waals surface area contributed by atoms with E-state index in [4.69, 9.17) is 10.1 Å². The minimum Gasteiger partial charge on any atom is -0.386 e. The van der Waals surface area contributed by atoms with Crippen molar-refractivity contribution in [2.24, 2.45) is 0 Å². The summed E-state index contributed by atoms with van der Waals surface area (Å²) in [6.45, 7) is 7.47. The number of aliphatic hydroxyl groups is 1. The summed E-state index contributed by atoms with van der Waals surface area (Å²) in [5.74, 6) is -1.33. The predicted molar refractivity (Wildman–Crippen MR) is 137 cm³/mol. The molecule has 0 bridgehead atoms. The van der Waals surface area contributed by atoms with Crippen LogP contribution in [0.4, 0.5) is 8.78 Å². The molecule has 3 atom stereocenters. The maximum atomic E-state index is 13.1. The number of rotatable bonds is 11. The second-order valence-corrected chi connectivity index (χ2v) is 10.2. The number of halogens is 2. The van der Waals surface area contributed by atoms with Gasteiger partial charge in [-0.15, -0.1) is 0 Å². The summed E-state index contributed by atoms with van der Waals surface area (Å²) in [5.41, 5.74) is -3.29. The quantitative estimate of drug-likeness (QED) is 0.0817. The topological polar surface area (TPSA) is 147 Å². The van der Waals surface area contributed by atoms with Gasteiger partial charge in [0.15, 0.2) is 0 Å². The van der Waals surface area contributed by atoms with E-state index in [9.17, 15) is 28.7 Å². The number of alkyl halides is 2. The van der Waals surface area contributed by atoms with Gasteiger partial charge in [-0.1, -0.05) is 40.1 Å². The zero-order valence-electron chi connectivity index (χ0n) is 21.2. The molecule has 6 N–H and O–H groups in total. The van der Waals surface area contributed by atoms with Gasteiger partial charge >= 0.3 is 0 Å². The SMILES string of the molecule is C=C(C1CN/C(=C(/NC(=O)CN(C)O)C(=N)c2ccc(C(C)(C)O)cc2)C(=O)N1)C(C)OCC(F)(F)P. The van der Waals surface area contributed by atoms with Crippen LogP contribution in [0.5, 0.6) is 0 Å². The number of ether oxygens (including phenoxy) is 1. The zero-order valence-corrected chi connectivity index (χ0v) is 22.3. The number of nitrogens with one attached hydrogen (secondary N) is 4. The fourth-order valence-corrected chi connectivity index (χ4v) is 3.54. The fraction of sp³-hybridized carbons (Fsp3) is 0.458. The van der Waals surface area contributed by atoms with E-state index in [1.54, 1.807) is 45.0 Å². The number of hydroxylamine groups is 2. The van der Waals surface area contributed by atoms with Crippen molar-refractivity contribution in [2.45, 2.75) is 44.2 Å². The average molecular weight is 542 g/mol. The molecule has 1 aromatic carbocycles. The van der Waals surface area contributed by atoms with Crippen molar-refractivity contribution in [1.82, 2.24) is 21.0 Å². The van der Waals surface area contributed by atoms with Crippen LogP contribution in [0.1, 0.15) is 31.9 Å². The molecule has 10 nitrogen and oxygen atoms in total. The highest BCUT2D eigenvalue weighted by molar-refractivity contribution is 7.18. The third kappa shape index (κ3) is 8.94. The van der Waals surface area contributed by atoms with Crippen molar-refractivity contribution >= 4 is 26.8 Å². The highest BCUT2D eigenvalue weighted by Gasteiger charge is 2.32. The van der Waals surface area contributed by atoms with Crippen molar-refractivity contribution in [1.29, 1.82) is 5.41 Å². The first kappa shape index (κ1) is 30.5. The minimum atomic E-state index is -3.10. The number of piperazine rings is 1. The molecule has 1 saturated heterocycles.